The predicted octanol–water partition coefficient (Wildman–Crippen LogP) is 3.87. The highest BCUT2D eigenvalue weighted by atomic mass is 79.9. The quantitative estimate of drug-likeness (QED) is 0.560. The highest BCUT2D eigenvalue weighted by molar-refractivity contribution is 9.10. The molecular weight excluding hydrogens is 358 g/mol. The van der Waals surface area contributed by atoms with E-state index in [0.29, 0.717) is 11.3 Å². The number of hydrogen-bond donors (Lipinski definition) is 1. The van der Waals surface area contributed by atoms with Crippen LogP contribution in [0.1, 0.15) is 16.1 Å². The maximum atomic E-state index is 11.8. The average molecular weight is 370 g/mol. The molecule has 2 heterocycles. The minimum Gasteiger partial charge on any atom is -0.455 e. The molecule has 0 aliphatic rings. The van der Waals surface area contributed by atoms with Gasteiger partial charge in [-0.05, 0) is 36.4 Å². The van der Waals surface area contributed by atoms with Gasteiger partial charge in [0.15, 0.2) is 0 Å². The summed E-state index contributed by atoms with van der Waals surface area (Å²) >= 11 is 3.39. The van der Waals surface area contributed by atoms with E-state index in [1.54, 1.807) is 30.6 Å². The van der Waals surface area contributed by atoms with E-state index >= 15 is 0 Å². The Bertz CT molecular complexity index is 827. The maximum absolute atomic E-state index is 11.8. The number of aromatic nitrogens is 1. The number of halogens is 1. The summed E-state index contributed by atoms with van der Waals surface area (Å²) in [7, 11) is 0. The van der Waals surface area contributed by atoms with E-state index in [0.717, 1.165) is 15.8 Å². The Morgan fingerprint density at radius 1 is 1.09 bits per heavy atom. The van der Waals surface area contributed by atoms with Gasteiger partial charge in [-0.1, -0.05) is 28.1 Å². The van der Waals surface area contributed by atoms with Crippen molar-refractivity contribution in [1.82, 2.24) is 10.4 Å². The van der Waals surface area contributed by atoms with Crippen LogP contribution in [0.15, 0.2) is 74.9 Å². The van der Waals surface area contributed by atoms with Gasteiger partial charge in [0.25, 0.3) is 5.91 Å². The highest BCUT2D eigenvalue weighted by Crippen LogP contribution is 2.23. The molecular formula is C17H12BrN3O2. The molecule has 1 N–H and O–H groups in total. The van der Waals surface area contributed by atoms with Crippen molar-refractivity contribution in [3.8, 4) is 11.3 Å². The van der Waals surface area contributed by atoms with Crippen LogP contribution in [0, 0.1) is 0 Å². The van der Waals surface area contributed by atoms with Gasteiger partial charge in [-0.2, -0.15) is 5.10 Å². The number of amides is 1. The molecule has 2 aromatic heterocycles. The van der Waals surface area contributed by atoms with Crippen molar-refractivity contribution in [3.05, 3.63) is 76.7 Å². The molecule has 1 aromatic carbocycles. The number of rotatable bonds is 4. The van der Waals surface area contributed by atoms with Crippen molar-refractivity contribution in [3.63, 3.8) is 0 Å². The van der Waals surface area contributed by atoms with Gasteiger partial charge in [-0.3, -0.25) is 9.78 Å². The number of carbonyl (C=O) groups is 1. The number of hydrazone groups is 1. The summed E-state index contributed by atoms with van der Waals surface area (Å²) in [5.41, 5.74) is 3.90. The molecule has 6 heteroatoms. The Balaban J connectivity index is 1.65. The molecule has 0 bridgehead atoms. The van der Waals surface area contributed by atoms with Crippen LogP contribution >= 0.6 is 15.9 Å². The molecule has 0 spiro atoms. The molecule has 0 atom stereocenters. The molecule has 23 heavy (non-hydrogen) atoms. The SMILES string of the molecule is O=C(N/N=C/c1ccc(-c2ccc(Br)cc2)o1)c1ccncc1. The molecule has 0 saturated heterocycles. The van der Waals surface area contributed by atoms with Crippen LogP contribution < -0.4 is 5.43 Å². The predicted molar refractivity (Wildman–Crippen MR) is 91.1 cm³/mol. The van der Waals surface area contributed by atoms with Gasteiger partial charge in [0.05, 0.1) is 6.21 Å². The first kappa shape index (κ1) is 15.2. The van der Waals surface area contributed by atoms with Crippen LogP contribution in [0.25, 0.3) is 11.3 Å². The van der Waals surface area contributed by atoms with Crippen LogP contribution in [0.4, 0.5) is 0 Å². The first-order valence-electron chi connectivity index (χ1n) is 6.81. The number of nitrogens with zero attached hydrogens (tertiary/aromatic N) is 2. The number of nitrogens with one attached hydrogen (secondary N) is 1. The topological polar surface area (TPSA) is 67.5 Å². The summed E-state index contributed by atoms with van der Waals surface area (Å²) in [6.07, 6.45) is 4.56. The smallest absolute Gasteiger partial charge is 0.271 e. The molecule has 3 aromatic rings. The second kappa shape index (κ2) is 7.02. The van der Waals surface area contributed by atoms with Crippen molar-refractivity contribution in [2.45, 2.75) is 0 Å². The van der Waals surface area contributed by atoms with Gasteiger partial charge in [0, 0.05) is 28.0 Å². The molecule has 0 radical (unpaired) electrons. The summed E-state index contributed by atoms with van der Waals surface area (Å²) in [6.45, 7) is 0. The lowest BCUT2D eigenvalue weighted by Crippen LogP contribution is -2.17. The summed E-state index contributed by atoms with van der Waals surface area (Å²) in [6, 6.07) is 14.7. The molecule has 0 saturated carbocycles. The van der Waals surface area contributed by atoms with E-state index in [4.69, 9.17) is 4.42 Å². The van der Waals surface area contributed by atoms with Gasteiger partial charge in [-0.15, -0.1) is 0 Å². The third-order valence-corrected chi connectivity index (χ3v) is 3.58. The lowest BCUT2D eigenvalue weighted by molar-refractivity contribution is 0.0955. The fourth-order valence-electron chi connectivity index (χ4n) is 1.91. The third kappa shape index (κ3) is 3.92. The fraction of sp³-hybridized carbons (Fsp3) is 0. The summed E-state index contributed by atoms with van der Waals surface area (Å²) < 4.78 is 6.68. The molecule has 0 fully saturated rings. The van der Waals surface area contributed by atoms with Crippen LogP contribution in [0.2, 0.25) is 0 Å². The van der Waals surface area contributed by atoms with Gasteiger partial charge in [0.2, 0.25) is 0 Å². The number of carbonyl (C=O) groups excluding carboxylic acids is 1. The second-order valence-electron chi connectivity index (χ2n) is 4.64. The molecule has 114 valence electrons. The van der Waals surface area contributed by atoms with Crippen molar-refractivity contribution >= 4 is 28.1 Å². The van der Waals surface area contributed by atoms with E-state index in [2.05, 4.69) is 31.4 Å². The zero-order valence-electron chi connectivity index (χ0n) is 11.9. The zero-order chi connectivity index (χ0) is 16.1. The summed E-state index contributed by atoms with van der Waals surface area (Å²) in [5.74, 6) is 0.987. The summed E-state index contributed by atoms with van der Waals surface area (Å²) in [5, 5.41) is 3.89. The second-order valence-corrected chi connectivity index (χ2v) is 5.56. The van der Waals surface area contributed by atoms with E-state index < -0.39 is 0 Å². The minimum absolute atomic E-state index is 0.302. The summed E-state index contributed by atoms with van der Waals surface area (Å²) in [4.78, 5) is 15.7. The Morgan fingerprint density at radius 3 is 2.57 bits per heavy atom. The van der Waals surface area contributed by atoms with Crippen LogP contribution in [0.3, 0.4) is 0 Å². The number of furan rings is 1. The fourth-order valence-corrected chi connectivity index (χ4v) is 2.18. The van der Waals surface area contributed by atoms with E-state index in [1.165, 1.54) is 6.21 Å². The van der Waals surface area contributed by atoms with Crippen molar-refractivity contribution in [2.75, 3.05) is 0 Å². The van der Waals surface area contributed by atoms with Crippen molar-refractivity contribution in [1.29, 1.82) is 0 Å². The molecule has 0 unspecified atom stereocenters. The van der Waals surface area contributed by atoms with Gasteiger partial charge in [-0.25, -0.2) is 5.43 Å². The molecule has 0 aliphatic carbocycles. The molecule has 0 aliphatic heterocycles. The monoisotopic (exact) mass is 369 g/mol. The highest BCUT2D eigenvalue weighted by Gasteiger charge is 2.04. The standard InChI is InChI=1S/C17H12BrN3O2/c18-14-3-1-12(2-4-14)16-6-5-15(23-16)11-20-21-17(22)13-7-9-19-10-8-13/h1-11H,(H,21,22)/b20-11+. The van der Waals surface area contributed by atoms with Gasteiger partial charge < -0.3 is 4.42 Å². The third-order valence-electron chi connectivity index (χ3n) is 3.06. The number of benzene rings is 1. The lowest BCUT2D eigenvalue weighted by Gasteiger charge is -1.98. The largest absolute Gasteiger partial charge is 0.455 e. The van der Waals surface area contributed by atoms with E-state index in [-0.39, 0.29) is 5.91 Å². The zero-order valence-corrected chi connectivity index (χ0v) is 13.5. The first-order valence-corrected chi connectivity index (χ1v) is 7.61. The normalized spacial score (nSPS) is 10.8. The van der Waals surface area contributed by atoms with Crippen LogP contribution in [0.5, 0.6) is 0 Å². The van der Waals surface area contributed by atoms with Crippen LogP contribution in [-0.4, -0.2) is 17.1 Å². The van der Waals surface area contributed by atoms with E-state index in [9.17, 15) is 4.79 Å². The Kier molecular flexibility index (Phi) is 4.63. The van der Waals surface area contributed by atoms with Gasteiger partial charge in [0.1, 0.15) is 11.5 Å². The first-order chi connectivity index (χ1) is 11.2. The Hall–Kier alpha value is -2.73. The molecule has 1 amide bonds. The van der Waals surface area contributed by atoms with Crippen LogP contribution in [-0.2, 0) is 0 Å². The lowest BCUT2D eigenvalue weighted by atomic mass is 10.2. The molecule has 5 nitrogen and oxygen atoms in total. The number of hydrogen-bond acceptors (Lipinski definition) is 4. The number of pyridine rings is 1. The minimum atomic E-state index is -0.302. The Morgan fingerprint density at radius 2 is 1.83 bits per heavy atom. The Labute approximate surface area is 141 Å². The van der Waals surface area contributed by atoms with Crippen molar-refractivity contribution < 1.29 is 9.21 Å². The van der Waals surface area contributed by atoms with E-state index in [1.807, 2.05) is 30.3 Å². The van der Waals surface area contributed by atoms with Gasteiger partial charge >= 0.3 is 0 Å². The average Bonchev–Trinajstić information content (AvgIpc) is 3.05. The van der Waals surface area contributed by atoms with Crippen molar-refractivity contribution in [2.24, 2.45) is 5.10 Å². The maximum Gasteiger partial charge on any atom is 0.271 e. The molecule has 3 rings (SSSR count).